The van der Waals surface area contributed by atoms with Gasteiger partial charge in [-0.25, -0.2) is 0 Å². The molecule has 3 nitrogen and oxygen atoms in total. The minimum atomic E-state index is 0. The molecule has 0 spiro atoms. The fourth-order valence-corrected chi connectivity index (χ4v) is 3.93. The summed E-state index contributed by atoms with van der Waals surface area (Å²) >= 11 is 2.42. The fourth-order valence-electron chi connectivity index (χ4n) is 3.41. The van der Waals surface area contributed by atoms with Gasteiger partial charge in [0.2, 0.25) is 5.88 Å². The molecule has 0 amide bonds. The zero-order chi connectivity index (χ0) is 16.7. The predicted octanol–water partition coefficient (Wildman–Crippen LogP) is 5.58. The van der Waals surface area contributed by atoms with Gasteiger partial charge in [0.15, 0.2) is 5.75 Å². The normalized spacial score (nSPS) is 17.7. The molecule has 0 radical (unpaired) electrons. The van der Waals surface area contributed by atoms with E-state index in [0.717, 1.165) is 33.9 Å². The molecule has 2 aromatic carbocycles. The molecule has 0 aromatic heterocycles. The highest BCUT2D eigenvalue weighted by atomic mass is 127. The molecule has 2 aromatic rings. The number of benzene rings is 2. The maximum atomic E-state index is 6.23. The quantitative estimate of drug-likeness (QED) is 0.354. The van der Waals surface area contributed by atoms with Crippen LogP contribution < -0.4 is 14.5 Å². The van der Waals surface area contributed by atoms with E-state index < -0.39 is 0 Å². The van der Waals surface area contributed by atoms with Gasteiger partial charge in [-0.05, 0) is 30.7 Å². The number of halogens is 2. The first-order valence-corrected chi connectivity index (χ1v) is 9.59. The Labute approximate surface area is 179 Å². The van der Waals surface area contributed by atoms with Crippen molar-refractivity contribution < 1.29 is 4.74 Å². The zero-order valence-corrected chi connectivity index (χ0v) is 18.7. The Morgan fingerprint density at radius 3 is 2.64 bits per heavy atom. The lowest BCUT2D eigenvalue weighted by atomic mass is 10.00. The molecule has 25 heavy (non-hydrogen) atoms. The number of anilines is 2. The van der Waals surface area contributed by atoms with Gasteiger partial charge in [-0.3, -0.25) is 0 Å². The first-order chi connectivity index (χ1) is 11.7. The van der Waals surface area contributed by atoms with Crippen LogP contribution in [0.3, 0.4) is 0 Å². The number of para-hydroxylation sites is 2. The minimum Gasteiger partial charge on any atom is -0.438 e. The van der Waals surface area contributed by atoms with Crippen LogP contribution in [0.25, 0.3) is 5.57 Å². The summed E-state index contributed by atoms with van der Waals surface area (Å²) < 4.78 is 7.31. The number of nitrogens with zero attached hydrogens (tertiary/aromatic N) is 2. The standard InChI is InChI=1S/C20H19IN2O.HI/c1-14-6-5-9-18-19(14)22(2)20(24-18)16-10-12-23(13-11-21)17-8-4-3-7-15(16)17;/h3-10,12H,11,13H2,1-2H3;1H. The van der Waals surface area contributed by atoms with Crippen molar-refractivity contribution in [3.8, 4) is 5.75 Å². The number of aryl methyl sites for hydroxylation is 1. The van der Waals surface area contributed by atoms with E-state index in [1.54, 1.807) is 0 Å². The van der Waals surface area contributed by atoms with E-state index in [1.807, 2.05) is 12.1 Å². The second kappa shape index (κ2) is 7.57. The van der Waals surface area contributed by atoms with Gasteiger partial charge in [-0.2, -0.15) is 0 Å². The van der Waals surface area contributed by atoms with Gasteiger partial charge in [-0.15, -0.1) is 24.0 Å². The number of ether oxygens (including phenoxy) is 1. The molecule has 0 N–H and O–H groups in total. The van der Waals surface area contributed by atoms with Crippen molar-refractivity contribution in [1.29, 1.82) is 0 Å². The van der Waals surface area contributed by atoms with E-state index in [2.05, 4.69) is 89.0 Å². The molecule has 0 atom stereocenters. The lowest BCUT2D eigenvalue weighted by Crippen LogP contribution is -2.24. The Kier molecular flexibility index (Phi) is 5.62. The Morgan fingerprint density at radius 1 is 1.08 bits per heavy atom. The maximum Gasteiger partial charge on any atom is 0.208 e. The zero-order valence-electron chi connectivity index (χ0n) is 14.2. The van der Waals surface area contributed by atoms with Crippen molar-refractivity contribution in [1.82, 2.24) is 0 Å². The number of hydrogen-bond donors (Lipinski definition) is 0. The molecule has 0 aliphatic carbocycles. The van der Waals surface area contributed by atoms with Crippen molar-refractivity contribution in [3.63, 3.8) is 0 Å². The highest BCUT2D eigenvalue weighted by molar-refractivity contribution is 14.1. The molecule has 0 saturated heterocycles. The van der Waals surface area contributed by atoms with E-state index >= 15 is 0 Å². The summed E-state index contributed by atoms with van der Waals surface area (Å²) in [6, 6.07) is 14.7. The first kappa shape index (κ1) is 18.6. The Balaban J connectivity index is 0.00000182. The van der Waals surface area contributed by atoms with Crippen LogP contribution in [0.5, 0.6) is 5.75 Å². The van der Waals surface area contributed by atoms with Gasteiger partial charge in [-0.1, -0.05) is 52.9 Å². The third kappa shape index (κ3) is 3.16. The first-order valence-electron chi connectivity index (χ1n) is 8.06. The van der Waals surface area contributed by atoms with Crippen LogP contribution in [0.4, 0.5) is 11.4 Å². The molecule has 2 heterocycles. The molecular formula is C20H20I2N2O. The van der Waals surface area contributed by atoms with Gasteiger partial charge in [0.1, 0.15) is 0 Å². The van der Waals surface area contributed by atoms with Crippen LogP contribution >= 0.6 is 46.6 Å². The topological polar surface area (TPSA) is 15.7 Å². The highest BCUT2D eigenvalue weighted by Gasteiger charge is 2.29. The van der Waals surface area contributed by atoms with Crippen LogP contribution in [0, 0.1) is 6.92 Å². The summed E-state index contributed by atoms with van der Waals surface area (Å²) in [6.07, 6.45) is 4.33. The summed E-state index contributed by atoms with van der Waals surface area (Å²) in [5, 5.41) is 0. The van der Waals surface area contributed by atoms with E-state index in [1.165, 1.54) is 16.8 Å². The monoisotopic (exact) mass is 558 g/mol. The molecule has 4 rings (SSSR count). The average Bonchev–Trinajstić information content (AvgIpc) is 2.93. The van der Waals surface area contributed by atoms with Crippen LogP contribution in [0.1, 0.15) is 11.1 Å². The molecular weight excluding hydrogens is 538 g/mol. The maximum absolute atomic E-state index is 6.23. The van der Waals surface area contributed by atoms with E-state index in [0.29, 0.717) is 0 Å². The fraction of sp³-hybridized carbons (Fsp3) is 0.200. The molecule has 0 unspecified atom stereocenters. The second-order valence-corrected chi connectivity index (χ2v) is 7.10. The van der Waals surface area contributed by atoms with Crippen molar-refractivity contribution in [2.45, 2.75) is 6.92 Å². The van der Waals surface area contributed by atoms with Gasteiger partial charge in [0.05, 0.1) is 5.69 Å². The number of rotatable bonds is 2. The van der Waals surface area contributed by atoms with Crippen LogP contribution in [-0.2, 0) is 0 Å². The number of fused-ring (bicyclic) bond motifs is 2. The SMILES string of the molecule is Cc1cccc2c1N(C)C(=C1C=CN(CCI)c3ccccc31)O2.I. The molecule has 0 fully saturated rings. The smallest absolute Gasteiger partial charge is 0.208 e. The summed E-state index contributed by atoms with van der Waals surface area (Å²) in [5.41, 5.74) is 5.97. The number of allylic oxidation sites excluding steroid dienone is 2. The molecule has 5 heteroatoms. The van der Waals surface area contributed by atoms with Crippen molar-refractivity contribution in [2.24, 2.45) is 0 Å². The van der Waals surface area contributed by atoms with E-state index in [-0.39, 0.29) is 24.0 Å². The highest BCUT2D eigenvalue weighted by Crippen LogP contribution is 2.44. The van der Waals surface area contributed by atoms with Gasteiger partial charge in [0, 0.05) is 41.0 Å². The largest absolute Gasteiger partial charge is 0.438 e. The lowest BCUT2D eigenvalue weighted by Gasteiger charge is -2.28. The number of hydrogen-bond acceptors (Lipinski definition) is 3. The van der Waals surface area contributed by atoms with Crippen LogP contribution in [0.15, 0.2) is 60.6 Å². The molecule has 0 saturated carbocycles. The predicted molar refractivity (Wildman–Crippen MR) is 124 cm³/mol. The third-order valence-corrected chi connectivity index (χ3v) is 5.01. The van der Waals surface area contributed by atoms with Crippen molar-refractivity contribution in [3.05, 3.63) is 71.8 Å². The Hall–Kier alpha value is -1.22. The minimum absolute atomic E-state index is 0. The van der Waals surface area contributed by atoms with Crippen LogP contribution in [-0.4, -0.2) is 18.0 Å². The third-order valence-electron chi connectivity index (χ3n) is 4.53. The lowest BCUT2D eigenvalue weighted by molar-refractivity contribution is 0.447. The second-order valence-electron chi connectivity index (χ2n) is 6.02. The molecule has 2 aliphatic heterocycles. The Bertz CT molecular complexity index is 861. The molecule has 130 valence electrons. The van der Waals surface area contributed by atoms with Gasteiger partial charge in [0.25, 0.3) is 0 Å². The Morgan fingerprint density at radius 2 is 1.88 bits per heavy atom. The summed E-state index contributed by atoms with van der Waals surface area (Å²) in [4.78, 5) is 4.47. The summed E-state index contributed by atoms with van der Waals surface area (Å²) in [6.45, 7) is 3.13. The average molecular weight is 558 g/mol. The van der Waals surface area contributed by atoms with Gasteiger partial charge < -0.3 is 14.5 Å². The molecule has 2 aliphatic rings. The molecule has 0 bridgehead atoms. The van der Waals surface area contributed by atoms with Crippen LogP contribution in [0.2, 0.25) is 0 Å². The van der Waals surface area contributed by atoms with Gasteiger partial charge >= 0.3 is 0 Å². The summed E-state index contributed by atoms with van der Waals surface area (Å²) in [5.74, 6) is 1.83. The van der Waals surface area contributed by atoms with Crippen molar-refractivity contribution >= 4 is 63.5 Å². The van der Waals surface area contributed by atoms with E-state index in [9.17, 15) is 0 Å². The van der Waals surface area contributed by atoms with E-state index in [4.69, 9.17) is 4.74 Å². The van der Waals surface area contributed by atoms with Crippen molar-refractivity contribution in [2.75, 3.05) is 27.8 Å². The number of alkyl halides is 1. The summed E-state index contributed by atoms with van der Waals surface area (Å²) in [7, 11) is 2.08.